The number of halogens is 1. The van der Waals surface area contributed by atoms with Gasteiger partial charge in [-0.2, -0.15) is 0 Å². The van der Waals surface area contributed by atoms with Crippen molar-refractivity contribution < 1.29 is 0 Å². The van der Waals surface area contributed by atoms with Crippen molar-refractivity contribution in [3.63, 3.8) is 0 Å². The van der Waals surface area contributed by atoms with Gasteiger partial charge in [-0.25, -0.2) is 0 Å². The molecule has 0 N–H and O–H groups in total. The first-order chi connectivity index (χ1) is 7.15. The molecule has 3 heteroatoms. The fraction of sp³-hybridized carbons (Fsp3) is 0.250. The number of rotatable bonds is 1. The van der Waals surface area contributed by atoms with Crippen LogP contribution in [-0.2, 0) is 0 Å². The lowest BCUT2D eigenvalue weighted by Crippen LogP contribution is -2.17. The lowest BCUT2D eigenvalue weighted by molar-refractivity contribution is 0.493. The Kier molecular flexibility index (Phi) is 2.91. The van der Waals surface area contributed by atoms with Gasteiger partial charge in [-0.15, -0.1) is 0 Å². The Morgan fingerprint density at radius 1 is 1.40 bits per heavy atom. The van der Waals surface area contributed by atoms with E-state index in [-0.39, 0.29) is 0 Å². The average molecular weight is 265 g/mol. The van der Waals surface area contributed by atoms with E-state index in [1.165, 1.54) is 11.1 Å². The van der Waals surface area contributed by atoms with Gasteiger partial charge in [0.15, 0.2) is 0 Å². The van der Waals surface area contributed by atoms with Crippen LogP contribution in [0.2, 0.25) is 0 Å². The second-order valence-corrected chi connectivity index (χ2v) is 4.77. The Bertz CT molecular complexity index is 418. The summed E-state index contributed by atoms with van der Waals surface area (Å²) in [7, 11) is 2.08. The molecule has 2 rings (SSSR count). The first-order valence-corrected chi connectivity index (χ1v) is 5.65. The second kappa shape index (κ2) is 4.19. The molecule has 0 unspecified atom stereocenters. The molecule has 1 aliphatic heterocycles. The smallest absolute Gasteiger partial charge is 0.0717 e. The molecule has 0 radical (unpaired) electrons. The summed E-state index contributed by atoms with van der Waals surface area (Å²) in [5.74, 6) is 0. The summed E-state index contributed by atoms with van der Waals surface area (Å²) >= 11 is 3.39. The lowest BCUT2D eigenvalue weighted by atomic mass is 10.1. The minimum atomic E-state index is 1.00. The molecule has 1 aromatic rings. The summed E-state index contributed by atoms with van der Waals surface area (Å²) in [4.78, 5) is 6.56. The van der Waals surface area contributed by atoms with Crippen LogP contribution in [0.4, 0.5) is 0 Å². The quantitative estimate of drug-likeness (QED) is 0.775. The number of aromatic nitrogens is 1. The molecule has 0 amide bonds. The predicted octanol–water partition coefficient (Wildman–Crippen LogP) is 3.08. The molecule has 0 aromatic carbocycles. The number of nitrogens with zero attached hydrogens (tertiary/aromatic N) is 2. The van der Waals surface area contributed by atoms with Gasteiger partial charge in [-0.1, -0.05) is 11.6 Å². The highest BCUT2D eigenvalue weighted by Crippen LogP contribution is 2.21. The Morgan fingerprint density at radius 3 is 2.80 bits per heavy atom. The van der Waals surface area contributed by atoms with E-state index in [1.54, 1.807) is 0 Å². The van der Waals surface area contributed by atoms with Gasteiger partial charge in [0.05, 0.1) is 5.69 Å². The summed E-state index contributed by atoms with van der Waals surface area (Å²) in [6.45, 7) is 3.14. The fourth-order valence-corrected chi connectivity index (χ4v) is 1.95. The first kappa shape index (κ1) is 10.4. The van der Waals surface area contributed by atoms with Crippen LogP contribution in [0, 0.1) is 0 Å². The van der Waals surface area contributed by atoms with Crippen molar-refractivity contribution in [2.45, 2.75) is 6.92 Å². The van der Waals surface area contributed by atoms with Gasteiger partial charge in [-0.3, -0.25) is 4.98 Å². The zero-order chi connectivity index (χ0) is 10.8. The van der Waals surface area contributed by atoms with Gasteiger partial charge in [0, 0.05) is 36.0 Å². The highest BCUT2D eigenvalue weighted by Gasteiger charge is 2.08. The van der Waals surface area contributed by atoms with Crippen molar-refractivity contribution in [3.05, 3.63) is 46.3 Å². The fourth-order valence-electron chi connectivity index (χ4n) is 1.71. The van der Waals surface area contributed by atoms with Crippen LogP contribution in [0.1, 0.15) is 12.6 Å². The highest BCUT2D eigenvalue weighted by atomic mass is 79.9. The molecular formula is C12H13BrN2. The van der Waals surface area contributed by atoms with Gasteiger partial charge < -0.3 is 4.90 Å². The van der Waals surface area contributed by atoms with E-state index in [2.05, 4.69) is 52.1 Å². The lowest BCUT2D eigenvalue weighted by Gasteiger charge is -2.21. The van der Waals surface area contributed by atoms with E-state index in [0.717, 1.165) is 16.7 Å². The van der Waals surface area contributed by atoms with Crippen LogP contribution in [0.15, 0.2) is 40.7 Å². The second-order valence-electron chi connectivity index (χ2n) is 3.85. The van der Waals surface area contributed by atoms with Crippen molar-refractivity contribution >= 4 is 21.5 Å². The summed E-state index contributed by atoms with van der Waals surface area (Å²) in [6.07, 6.45) is 6.15. The van der Waals surface area contributed by atoms with E-state index in [0.29, 0.717) is 0 Å². The molecule has 1 aromatic heterocycles. The minimum Gasteiger partial charge on any atom is -0.376 e. The van der Waals surface area contributed by atoms with Crippen molar-refractivity contribution in [1.82, 2.24) is 9.88 Å². The molecule has 0 bridgehead atoms. The molecule has 0 fully saturated rings. The van der Waals surface area contributed by atoms with Crippen molar-refractivity contribution in [2.24, 2.45) is 0 Å². The number of allylic oxidation sites excluding steroid dienone is 2. The number of hydrogen-bond acceptors (Lipinski definition) is 2. The molecule has 2 heterocycles. The van der Waals surface area contributed by atoms with Crippen molar-refractivity contribution in [3.8, 4) is 0 Å². The Balaban J connectivity index is 2.35. The Hall–Kier alpha value is -1.09. The average Bonchev–Trinajstić information content (AvgIpc) is 2.17. The topological polar surface area (TPSA) is 16.1 Å². The minimum absolute atomic E-state index is 1.00. The summed E-state index contributed by atoms with van der Waals surface area (Å²) in [5.41, 5.74) is 3.55. The van der Waals surface area contributed by atoms with Crippen LogP contribution < -0.4 is 0 Å². The van der Waals surface area contributed by atoms with Crippen LogP contribution in [0.25, 0.3) is 5.57 Å². The molecule has 0 spiro atoms. The molecule has 0 saturated heterocycles. The monoisotopic (exact) mass is 264 g/mol. The molecular weight excluding hydrogens is 252 g/mol. The largest absolute Gasteiger partial charge is 0.376 e. The normalized spacial score (nSPS) is 16.1. The van der Waals surface area contributed by atoms with Crippen LogP contribution in [0.5, 0.6) is 0 Å². The van der Waals surface area contributed by atoms with Gasteiger partial charge in [0.1, 0.15) is 0 Å². The molecule has 1 aliphatic rings. The van der Waals surface area contributed by atoms with Gasteiger partial charge in [0.25, 0.3) is 0 Å². The van der Waals surface area contributed by atoms with Crippen molar-refractivity contribution in [1.29, 1.82) is 0 Å². The molecule has 0 atom stereocenters. The molecule has 78 valence electrons. The SMILES string of the molecule is CC1=CC(c2ccc(Br)cn2)=CN(C)C1. The van der Waals surface area contributed by atoms with Crippen LogP contribution in [-0.4, -0.2) is 23.5 Å². The van der Waals surface area contributed by atoms with Gasteiger partial charge in [-0.05, 0) is 35.0 Å². The predicted molar refractivity (Wildman–Crippen MR) is 66.3 cm³/mol. The third kappa shape index (κ3) is 2.48. The highest BCUT2D eigenvalue weighted by molar-refractivity contribution is 9.10. The number of hydrogen-bond donors (Lipinski definition) is 0. The zero-order valence-corrected chi connectivity index (χ0v) is 10.5. The van der Waals surface area contributed by atoms with Crippen molar-refractivity contribution in [2.75, 3.05) is 13.6 Å². The standard InChI is InChI=1S/C12H13BrN2/c1-9-5-10(8-15(2)7-9)12-4-3-11(13)6-14-12/h3-6,8H,7H2,1-2H3. The molecule has 0 aliphatic carbocycles. The zero-order valence-electron chi connectivity index (χ0n) is 8.87. The maximum Gasteiger partial charge on any atom is 0.0717 e. The first-order valence-electron chi connectivity index (χ1n) is 4.86. The van der Waals surface area contributed by atoms with E-state index in [1.807, 2.05) is 18.3 Å². The number of pyridine rings is 1. The van der Waals surface area contributed by atoms with Crippen LogP contribution in [0.3, 0.4) is 0 Å². The Morgan fingerprint density at radius 2 is 2.20 bits per heavy atom. The third-order valence-corrected chi connectivity index (χ3v) is 2.75. The van der Waals surface area contributed by atoms with E-state index >= 15 is 0 Å². The van der Waals surface area contributed by atoms with E-state index in [9.17, 15) is 0 Å². The van der Waals surface area contributed by atoms with E-state index < -0.39 is 0 Å². The molecule has 0 saturated carbocycles. The maximum atomic E-state index is 4.38. The summed E-state index contributed by atoms with van der Waals surface area (Å²) in [5, 5.41) is 0. The maximum absolute atomic E-state index is 4.38. The molecule has 2 nitrogen and oxygen atoms in total. The molecule has 15 heavy (non-hydrogen) atoms. The number of likely N-dealkylation sites (N-methyl/N-ethyl adjacent to an activating group) is 1. The third-order valence-electron chi connectivity index (χ3n) is 2.28. The Labute approximate surface area is 98.4 Å². The summed E-state index contributed by atoms with van der Waals surface area (Å²) < 4.78 is 1.01. The van der Waals surface area contributed by atoms with Crippen LogP contribution >= 0.6 is 15.9 Å². The van der Waals surface area contributed by atoms with Gasteiger partial charge >= 0.3 is 0 Å². The van der Waals surface area contributed by atoms with E-state index in [4.69, 9.17) is 0 Å². The van der Waals surface area contributed by atoms with Gasteiger partial charge in [0.2, 0.25) is 0 Å². The summed E-state index contributed by atoms with van der Waals surface area (Å²) in [6, 6.07) is 4.04.